The lowest BCUT2D eigenvalue weighted by Crippen LogP contribution is -2.02. The van der Waals surface area contributed by atoms with E-state index in [0.717, 1.165) is 33.9 Å². The predicted molar refractivity (Wildman–Crippen MR) is 104 cm³/mol. The maximum absolute atomic E-state index is 13.4. The highest BCUT2D eigenvalue weighted by Crippen LogP contribution is 2.30. The number of nitrogens with zero attached hydrogens (tertiary/aromatic N) is 2. The van der Waals surface area contributed by atoms with E-state index in [2.05, 4.69) is 53.9 Å². The van der Waals surface area contributed by atoms with Gasteiger partial charge in [0.25, 0.3) is 0 Å². The number of aryl methyl sites for hydroxylation is 1. The molecule has 0 bridgehead atoms. The molecule has 1 aromatic heterocycles. The molecule has 0 fully saturated rings. The van der Waals surface area contributed by atoms with Crippen LogP contribution in [0.3, 0.4) is 0 Å². The average Bonchev–Trinajstić information content (AvgIpc) is 2.98. The van der Waals surface area contributed by atoms with Gasteiger partial charge in [0.2, 0.25) is 0 Å². The highest BCUT2D eigenvalue weighted by atomic mass is 19.1. The molecule has 0 saturated carbocycles. The van der Waals surface area contributed by atoms with E-state index in [-0.39, 0.29) is 5.82 Å². The minimum absolute atomic E-state index is 0.242. The van der Waals surface area contributed by atoms with Gasteiger partial charge in [-0.3, -0.25) is 0 Å². The van der Waals surface area contributed by atoms with E-state index in [0.29, 0.717) is 6.61 Å². The van der Waals surface area contributed by atoms with Crippen LogP contribution >= 0.6 is 0 Å². The fraction of sp³-hybridized carbons (Fsp3) is 0.227. The van der Waals surface area contributed by atoms with Crippen LogP contribution in [0.2, 0.25) is 0 Å². The molecular formula is C22H23FN2O. The third-order valence-electron chi connectivity index (χ3n) is 4.40. The summed E-state index contributed by atoms with van der Waals surface area (Å²) in [7, 11) is 0. The fourth-order valence-corrected chi connectivity index (χ4v) is 3.04. The van der Waals surface area contributed by atoms with E-state index in [1.165, 1.54) is 17.7 Å². The Balaban J connectivity index is 2.20. The molecule has 2 aromatic carbocycles. The van der Waals surface area contributed by atoms with E-state index in [1.807, 2.05) is 13.8 Å². The Labute approximate surface area is 153 Å². The second-order valence-corrected chi connectivity index (χ2v) is 6.30. The molecule has 0 saturated heterocycles. The Morgan fingerprint density at radius 2 is 1.69 bits per heavy atom. The van der Waals surface area contributed by atoms with E-state index in [1.54, 1.807) is 12.1 Å². The lowest BCUT2D eigenvalue weighted by Gasteiger charge is -2.13. The first kappa shape index (κ1) is 17.9. The zero-order valence-electron chi connectivity index (χ0n) is 15.6. The monoisotopic (exact) mass is 350 g/mol. The molecule has 0 radical (unpaired) electrons. The third-order valence-corrected chi connectivity index (χ3v) is 4.40. The van der Waals surface area contributed by atoms with Crippen molar-refractivity contribution in [2.75, 3.05) is 6.61 Å². The van der Waals surface area contributed by atoms with Crippen LogP contribution in [-0.2, 0) is 4.84 Å². The summed E-state index contributed by atoms with van der Waals surface area (Å²) in [6, 6.07) is 17.0. The van der Waals surface area contributed by atoms with Crippen LogP contribution in [0.5, 0.6) is 0 Å². The first-order valence-electron chi connectivity index (χ1n) is 8.73. The highest BCUT2D eigenvalue weighted by molar-refractivity contribution is 6.01. The summed E-state index contributed by atoms with van der Waals surface area (Å²) in [4.78, 5) is 5.23. The molecule has 0 aliphatic rings. The molecule has 0 N–H and O–H groups in total. The molecule has 0 amide bonds. The summed E-state index contributed by atoms with van der Waals surface area (Å²) in [6.07, 6.45) is 0. The van der Waals surface area contributed by atoms with Crippen molar-refractivity contribution in [2.24, 2.45) is 5.16 Å². The van der Waals surface area contributed by atoms with Crippen molar-refractivity contribution >= 4 is 5.71 Å². The van der Waals surface area contributed by atoms with Crippen molar-refractivity contribution in [2.45, 2.75) is 27.7 Å². The number of aromatic nitrogens is 1. The van der Waals surface area contributed by atoms with Crippen LogP contribution in [0.25, 0.3) is 16.9 Å². The molecule has 0 unspecified atom stereocenters. The van der Waals surface area contributed by atoms with Gasteiger partial charge < -0.3 is 9.40 Å². The van der Waals surface area contributed by atoms with E-state index < -0.39 is 0 Å². The van der Waals surface area contributed by atoms with Crippen LogP contribution in [0, 0.1) is 19.7 Å². The summed E-state index contributed by atoms with van der Waals surface area (Å²) in [5.41, 5.74) is 7.10. The number of halogens is 1. The van der Waals surface area contributed by atoms with E-state index in [9.17, 15) is 4.39 Å². The highest BCUT2D eigenvalue weighted by Gasteiger charge is 2.17. The zero-order chi connectivity index (χ0) is 18.7. The smallest absolute Gasteiger partial charge is 0.123 e. The first-order valence-corrected chi connectivity index (χ1v) is 8.73. The Morgan fingerprint density at radius 3 is 2.31 bits per heavy atom. The second kappa shape index (κ2) is 7.56. The summed E-state index contributed by atoms with van der Waals surface area (Å²) in [5.74, 6) is -0.242. The van der Waals surface area contributed by atoms with Gasteiger partial charge in [-0.25, -0.2) is 4.39 Å². The van der Waals surface area contributed by atoms with Gasteiger partial charge in [0, 0.05) is 16.9 Å². The Morgan fingerprint density at radius 1 is 1.04 bits per heavy atom. The van der Waals surface area contributed by atoms with Gasteiger partial charge in [-0.1, -0.05) is 22.9 Å². The molecule has 0 aliphatic heterocycles. The van der Waals surface area contributed by atoms with Gasteiger partial charge >= 0.3 is 0 Å². The maximum Gasteiger partial charge on any atom is 0.123 e. The first-order chi connectivity index (χ1) is 12.5. The largest absolute Gasteiger partial charge is 0.396 e. The normalized spacial score (nSPS) is 11.7. The standard InChI is InChI=1S/C22H23FN2O/c1-5-26-24-16(3)21-14-22(18-8-10-19(23)11-9-18)25(17(21)4)20-12-6-15(2)7-13-20/h6-14H,5H2,1-4H3/b24-16-. The molecule has 0 spiro atoms. The minimum atomic E-state index is -0.242. The molecular weight excluding hydrogens is 327 g/mol. The minimum Gasteiger partial charge on any atom is -0.396 e. The lowest BCUT2D eigenvalue weighted by atomic mass is 10.1. The van der Waals surface area contributed by atoms with Gasteiger partial charge in [-0.05, 0) is 75.7 Å². The van der Waals surface area contributed by atoms with Crippen LogP contribution in [-0.4, -0.2) is 16.9 Å². The van der Waals surface area contributed by atoms with Crippen molar-refractivity contribution in [3.8, 4) is 16.9 Å². The Bertz CT molecular complexity index is 922. The maximum atomic E-state index is 13.4. The van der Waals surface area contributed by atoms with Crippen LogP contribution in [0.15, 0.2) is 59.8 Å². The van der Waals surface area contributed by atoms with Crippen molar-refractivity contribution in [3.05, 3.63) is 77.2 Å². The zero-order valence-corrected chi connectivity index (χ0v) is 15.6. The van der Waals surface area contributed by atoms with Gasteiger partial charge in [-0.15, -0.1) is 0 Å². The average molecular weight is 350 g/mol. The van der Waals surface area contributed by atoms with Crippen molar-refractivity contribution < 1.29 is 9.23 Å². The number of hydrogen-bond acceptors (Lipinski definition) is 2. The van der Waals surface area contributed by atoms with Crippen LogP contribution in [0.1, 0.15) is 30.7 Å². The van der Waals surface area contributed by atoms with Gasteiger partial charge in [0.05, 0.1) is 11.4 Å². The molecule has 134 valence electrons. The topological polar surface area (TPSA) is 26.5 Å². The van der Waals surface area contributed by atoms with Gasteiger partial charge in [0.1, 0.15) is 12.4 Å². The summed E-state index contributed by atoms with van der Waals surface area (Å²) in [5, 5.41) is 4.19. The Kier molecular flexibility index (Phi) is 5.21. The number of hydrogen-bond donors (Lipinski definition) is 0. The Hall–Kier alpha value is -2.88. The molecule has 3 rings (SSSR count). The molecule has 0 atom stereocenters. The quantitative estimate of drug-likeness (QED) is 0.431. The van der Waals surface area contributed by atoms with Crippen molar-refractivity contribution in [1.29, 1.82) is 0 Å². The van der Waals surface area contributed by atoms with Gasteiger partial charge in [-0.2, -0.15) is 0 Å². The van der Waals surface area contributed by atoms with Gasteiger partial charge in [0.15, 0.2) is 0 Å². The molecule has 26 heavy (non-hydrogen) atoms. The van der Waals surface area contributed by atoms with Crippen molar-refractivity contribution in [1.82, 2.24) is 4.57 Å². The number of oxime groups is 1. The van der Waals surface area contributed by atoms with E-state index in [4.69, 9.17) is 4.84 Å². The number of rotatable bonds is 5. The summed E-state index contributed by atoms with van der Waals surface area (Å²) in [6.45, 7) is 8.50. The van der Waals surface area contributed by atoms with Crippen molar-refractivity contribution in [3.63, 3.8) is 0 Å². The lowest BCUT2D eigenvalue weighted by molar-refractivity contribution is 0.159. The van der Waals surface area contributed by atoms with Crippen LogP contribution in [0.4, 0.5) is 4.39 Å². The molecule has 4 heteroatoms. The molecule has 3 nitrogen and oxygen atoms in total. The summed E-state index contributed by atoms with van der Waals surface area (Å²) >= 11 is 0. The number of benzene rings is 2. The summed E-state index contributed by atoms with van der Waals surface area (Å²) < 4.78 is 15.6. The SMILES string of the molecule is CCO/N=C(/C)c1cc(-c2ccc(F)cc2)n(-c2ccc(C)cc2)c1C. The third kappa shape index (κ3) is 3.54. The molecule has 0 aliphatic carbocycles. The fourth-order valence-electron chi connectivity index (χ4n) is 3.04. The molecule has 3 aromatic rings. The predicted octanol–water partition coefficient (Wildman–Crippen LogP) is 5.66. The van der Waals surface area contributed by atoms with E-state index >= 15 is 0 Å². The van der Waals surface area contributed by atoms with Crippen LogP contribution < -0.4 is 0 Å². The second-order valence-electron chi connectivity index (χ2n) is 6.30. The molecule has 1 heterocycles.